The van der Waals surface area contributed by atoms with Gasteiger partial charge in [-0.25, -0.2) is 0 Å². The Morgan fingerprint density at radius 1 is 1.32 bits per heavy atom. The maximum absolute atomic E-state index is 12.4. The highest BCUT2D eigenvalue weighted by atomic mass is 127. The van der Waals surface area contributed by atoms with Crippen LogP contribution in [0.15, 0.2) is 33.7 Å². The van der Waals surface area contributed by atoms with Crippen molar-refractivity contribution in [1.82, 2.24) is 15.1 Å². The van der Waals surface area contributed by atoms with E-state index in [-0.39, 0.29) is 36.0 Å². The van der Waals surface area contributed by atoms with E-state index in [1.807, 2.05) is 29.2 Å². The fraction of sp³-hybridized carbons (Fsp3) is 0.579. The van der Waals surface area contributed by atoms with Crippen LogP contribution in [0.1, 0.15) is 12.8 Å². The molecule has 156 valence electrons. The molecule has 0 bridgehead atoms. The van der Waals surface area contributed by atoms with Gasteiger partial charge in [0.15, 0.2) is 5.96 Å². The first-order valence-electron chi connectivity index (χ1n) is 9.42. The summed E-state index contributed by atoms with van der Waals surface area (Å²) in [4.78, 5) is 20.9. The van der Waals surface area contributed by atoms with Crippen molar-refractivity contribution in [2.75, 3.05) is 53.0 Å². The van der Waals surface area contributed by atoms with Gasteiger partial charge in [-0.3, -0.25) is 9.79 Å². The second kappa shape index (κ2) is 11.8. The highest BCUT2D eigenvalue weighted by Gasteiger charge is 2.30. The standard InChI is InChI=1S/C19H27BrN4O3.HI/c1-21-19(22-7-13-26-16-5-2-4-15(20)14-16)24-10-8-23(9-11-24)18(25)17-6-3-12-27-17;/h2,4-5,14,17H,3,6-13H2,1H3,(H,21,22);1H. The van der Waals surface area contributed by atoms with E-state index in [2.05, 4.69) is 31.1 Å². The quantitative estimate of drug-likeness (QED) is 0.256. The maximum Gasteiger partial charge on any atom is 0.251 e. The summed E-state index contributed by atoms with van der Waals surface area (Å²) in [6.07, 6.45) is 1.60. The van der Waals surface area contributed by atoms with Crippen LogP contribution < -0.4 is 10.1 Å². The number of rotatable bonds is 5. The van der Waals surface area contributed by atoms with Gasteiger partial charge in [-0.15, -0.1) is 24.0 Å². The number of hydrogen-bond acceptors (Lipinski definition) is 4. The summed E-state index contributed by atoms with van der Waals surface area (Å²) in [6, 6.07) is 7.79. The van der Waals surface area contributed by atoms with E-state index in [9.17, 15) is 4.79 Å². The summed E-state index contributed by atoms with van der Waals surface area (Å²) in [5.41, 5.74) is 0. The minimum atomic E-state index is -0.232. The van der Waals surface area contributed by atoms with Gasteiger partial charge in [-0.1, -0.05) is 22.0 Å². The first kappa shape index (κ1) is 23.2. The lowest BCUT2D eigenvalue weighted by Gasteiger charge is -2.37. The molecule has 1 amide bonds. The SMILES string of the molecule is CN=C(NCCOc1cccc(Br)c1)N1CCN(C(=O)C2CCCO2)CC1.I. The zero-order valence-electron chi connectivity index (χ0n) is 16.1. The number of benzene rings is 1. The molecule has 1 aromatic rings. The molecule has 2 fully saturated rings. The predicted molar refractivity (Wildman–Crippen MR) is 124 cm³/mol. The summed E-state index contributed by atoms with van der Waals surface area (Å²) in [5, 5.41) is 3.33. The van der Waals surface area contributed by atoms with Crippen molar-refractivity contribution in [1.29, 1.82) is 0 Å². The van der Waals surface area contributed by atoms with Gasteiger partial charge < -0.3 is 24.6 Å². The topological polar surface area (TPSA) is 66.4 Å². The largest absolute Gasteiger partial charge is 0.492 e. The lowest BCUT2D eigenvalue weighted by molar-refractivity contribution is -0.142. The van der Waals surface area contributed by atoms with E-state index < -0.39 is 0 Å². The third kappa shape index (κ3) is 6.48. The Morgan fingerprint density at radius 2 is 2.07 bits per heavy atom. The normalized spacial score (nSPS) is 19.9. The number of halogens is 2. The van der Waals surface area contributed by atoms with Crippen LogP contribution in [0, 0.1) is 0 Å². The summed E-state index contributed by atoms with van der Waals surface area (Å²) < 4.78 is 12.3. The number of hydrogen-bond donors (Lipinski definition) is 1. The average Bonchev–Trinajstić information content (AvgIpc) is 3.23. The molecule has 3 rings (SSSR count). The molecule has 1 unspecified atom stereocenters. The van der Waals surface area contributed by atoms with E-state index in [1.165, 1.54) is 0 Å². The minimum absolute atomic E-state index is 0. The number of ether oxygens (including phenoxy) is 2. The summed E-state index contributed by atoms with van der Waals surface area (Å²) in [6.45, 7) is 4.85. The number of carbonyl (C=O) groups excluding carboxylic acids is 1. The highest BCUT2D eigenvalue weighted by molar-refractivity contribution is 14.0. The van der Waals surface area contributed by atoms with Crippen LogP contribution in [0.3, 0.4) is 0 Å². The van der Waals surface area contributed by atoms with Gasteiger partial charge in [0.25, 0.3) is 5.91 Å². The van der Waals surface area contributed by atoms with Crippen LogP contribution >= 0.6 is 39.9 Å². The van der Waals surface area contributed by atoms with Crippen molar-refractivity contribution < 1.29 is 14.3 Å². The summed E-state index contributed by atoms with van der Waals surface area (Å²) >= 11 is 3.44. The molecule has 0 radical (unpaired) electrons. The molecule has 2 aliphatic heterocycles. The first-order chi connectivity index (χ1) is 13.2. The number of piperazine rings is 1. The van der Waals surface area contributed by atoms with Crippen LogP contribution in [0.5, 0.6) is 5.75 Å². The van der Waals surface area contributed by atoms with Crippen LogP contribution in [0.4, 0.5) is 0 Å². The molecule has 9 heteroatoms. The zero-order chi connectivity index (χ0) is 19.1. The van der Waals surface area contributed by atoms with Gasteiger partial charge in [0.1, 0.15) is 18.5 Å². The number of nitrogens with zero attached hydrogens (tertiary/aromatic N) is 3. The molecule has 7 nitrogen and oxygen atoms in total. The van der Waals surface area contributed by atoms with Crippen LogP contribution in [0.25, 0.3) is 0 Å². The Balaban J connectivity index is 0.00000280. The first-order valence-corrected chi connectivity index (χ1v) is 10.2. The van der Waals surface area contributed by atoms with Crippen molar-refractivity contribution in [2.45, 2.75) is 18.9 Å². The van der Waals surface area contributed by atoms with Crippen molar-refractivity contribution in [2.24, 2.45) is 4.99 Å². The van der Waals surface area contributed by atoms with Crippen LogP contribution in [0.2, 0.25) is 0 Å². The molecule has 0 saturated carbocycles. The van der Waals surface area contributed by atoms with Gasteiger partial charge in [-0.2, -0.15) is 0 Å². The molecule has 2 saturated heterocycles. The monoisotopic (exact) mass is 566 g/mol. The number of aliphatic imine (C=N–C) groups is 1. The molecular weight excluding hydrogens is 539 g/mol. The van der Waals surface area contributed by atoms with Gasteiger partial charge in [0, 0.05) is 44.3 Å². The number of nitrogens with one attached hydrogen (secondary N) is 1. The van der Waals surface area contributed by atoms with Crippen LogP contribution in [-0.2, 0) is 9.53 Å². The molecule has 2 aliphatic rings. The summed E-state index contributed by atoms with van der Waals surface area (Å²) in [7, 11) is 1.78. The average molecular weight is 567 g/mol. The fourth-order valence-electron chi connectivity index (χ4n) is 3.34. The van der Waals surface area contributed by atoms with Crippen molar-refractivity contribution in [3.8, 4) is 5.75 Å². The molecule has 1 aromatic carbocycles. The molecule has 0 aromatic heterocycles. The molecule has 2 heterocycles. The van der Waals surface area contributed by atoms with Gasteiger partial charge in [-0.05, 0) is 31.0 Å². The third-order valence-electron chi connectivity index (χ3n) is 4.76. The van der Waals surface area contributed by atoms with Crippen molar-refractivity contribution in [3.05, 3.63) is 28.7 Å². The zero-order valence-corrected chi connectivity index (χ0v) is 20.0. The number of amides is 1. The molecule has 1 N–H and O–H groups in total. The predicted octanol–water partition coefficient (Wildman–Crippen LogP) is 2.34. The van der Waals surface area contributed by atoms with Crippen molar-refractivity contribution in [3.63, 3.8) is 0 Å². The highest BCUT2D eigenvalue weighted by Crippen LogP contribution is 2.18. The molecule has 28 heavy (non-hydrogen) atoms. The van der Waals surface area contributed by atoms with Crippen molar-refractivity contribution >= 4 is 51.8 Å². The Kier molecular flexibility index (Phi) is 9.80. The second-order valence-electron chi connectivity index (χ2n) is 6.59. The lowest BCUT2D eigenvalue weighted by atomic mass is 10.2. The summed E-state index contributed by atoms with van der Waals surface area (Å²) in [5.74, 6) is 1.82. The van der Waals surface area contributed by atoms with E-state index >= 15 is 0 Å². The smallest absolute Gasteiger partial charge is 0.251 e. The van der Waals surface area contributed by atoms with Gasteiger partial charge in [0.2, 0.25) is 0 Å². The Bertz CT molecular complexity index is 662. The Hall–Kier alpha value is -1.07. The molecule has 0 spiro atoms. The van der Waals surface area contributed by atoms with E-state index in [0.29, 0.717) is 32.8 Å². The van der Waals surface area contributed by atoms with Gasteiger partial charge >= 0.3 is 0 Å². The molecule has 1 atom stereocenters. The molecular formula is C19H28BrIN4O3. The van der Waals surface area contributed by atoms with E-state index in [0.717, 1.165) is 42.1 Å². The fourth-order valence-corrected chi connectivity index (χ4v) is 3.71. The van der Waals surface area contributed by atoms with Gasteiger partial charge in [0.05, 0.1) is 6.54 Å². The molecule has 0 aliphatic carbocycles. The maximum atomic E-state index is 12.4. The second-order valence-corrected chi connectivity index (χ2v) is 7.51. The van der Waals surface area contributed by atoms with Crippen LogP contribution in [-0.4, -0.2) is 80.8 Å². The Labute approximate surface area is 192 Å². The van der Waals surface area contributed by atoms with E-state index in [1.54, 1.807) is 7.05 Å². The lowest BCUT2D eigenvalue weighted by Crippen LogP contribution is -2.55. The third-order valence-corrected chi connectivity index (χ3v) is 5.25. The number of carbonyl (C=O) groups is 1. The minimum Gasteiger partial charge on any atom is -0.492 e. The number of guanidine groups is 1. The Morgan fingerprint density at radius 3 is 2.71 bits per heavy atom. The van der Waals surface area contributed by atoms with E-state index in [4.69, 9.17) is 9.47 Å².